The van der Waals surface area contributed by atoms with Crippen LogP contribution in [0.5, 0.6) is 0 Å². The van der Waals surface area contributed by atoms with Crippen LogP contribution < -0.4 is 5.56 Å². The monoisotopic (exact) mass is 276 g/mol. The van der Waals surface area contributed by atoms with Crippen molar-refractivity contribution in [1.29, 1.82) is 0 Å². The molecule has 4 heteroatoms. The molecule has 0 amide bonds. The minimum atomic E-state index is 0.0423. The fourth-order valence-corrected chi connectivity index (χ4v) is 3.03. The zero-order chi connectivity index (χ0) is 13.4. The van der Waals surface area contributed by atoms with Gasteiger partial charge in [-0.1, -0.05) is 18.6 Å². The van der Waals surface area contributed by atoms with E-state index in [1.165, 1.54) is 19.3 Å². The molecule has 1 aromatic carbocycles. The highest BCUT2D eigenvalue weighted by Crippen LogP contribution is 2.36. The van der Waals surface area contributed by atoms with E-state index in [2.05, 4.69) is 11.9 Å². The van der Waals surface area contributed by atoms with Gasteiger partial charge < -0.3 is 0 Å². The molecule has 1 aliphatic rings. The van der Waals surface area contributed by atoms with Gasteiger partial charge in [0.15, 0.2) is 0 Å². The van der Waals surface area contributed by atoms with Crippen LogP contribution in [0.15, 0.2) is 29.1 Å². The lowest BCUT2D eigenvalue weighted by Gasteiger charge is -2.33. The van der Waals surface area contributed by atoms with Crippen molar-refractivity contribution in [1.82, 2.24) is 9.55 Å². The standard InChI is InChI=1S/C15H17ClN2O/c1-10(11-5-4-6-11)18-14(9-16)17-13-8-3-2-7-12(13)15(18)19/h2-3,7-8,10-11H,4-6,9H2,1H3. The van der Waals surface area contributed by atoms with Gasteiger partial charge in [-0.05, 0) is 37.8 Å². The second kappa shape index (κ2) is 4.97. The SMILES string of the molecule is CC(C1CCC1)n1c(CCl)nc2ccccc2c1=O. The van der Waals surface area contributed by atoms with Crippen LogP contribution in [0.1, 0.15) is 38.1 Å². The van der Waals surface area contributed by atoms with Crippen molar-refractivity contribution in [3.63, 3.8) is 0 Å². The van der Waals surface area contributed by atoms with E-state index >= 15 is 0 Å². The van der Waals surface area contributed by atoms with Crippen LogP contribution in [-0.2, 0) is 5.88 Å². The molecule has 1 saturated carbocycles. The highest BCUT2D eigenvalue weighted by Gasteiger charge is 2.27. The molecule has 1 heterocycles. The van der Waals surface area contributed by atoms with Crippen LogP contribution in [0.4, 0.5) is 0 Å². The van der Waals surface area contributed by atoms with Crippen LogP contribution in [-0.4, -0.2) is 9.55 Å². The molecule has 2 aromatic rings. The van der Waals surface area contributed by atoms with E-state index in [4.69, 9.17) is 11.6 Å². The molecular weight excluding hydrogens is 260 g/mol. The molecule has 0 N–H and O–H groups in total. The van der Waals surface area contributed by atoms with Gasteiger partial charge in [-0.15, -0.1) is 11.6 Å². The maximum absolute atomic E-state index is 12.7. The van der Waals surface area contributed by atoms with Gasteiger partial charge in [0, 0.05) is 6.04 Å². The first kappa shape index (κ1) is 12.7. The van der Waals surface area contributed by atoms with Crippen molar-refractivity contribution < 1.29 is 0 Å². The zero-order valence-electron chi connectivity index (χ0n) is 11.0. The molecule has 0 bridgehead atoms. The van der Waals surface area contributed by atoms with Gasteiger partial charge in [-0.25, -0.2) is 4.98 Å². The zero-order valence-corrected chi connectivity index (χ0v) is 11.7. The molecule has 0 aliphatic heterocycles. The first-order chi connectivity index (χ1) is 9.22. The van der Waals surface area contributed by atoms with Crippen molar-refractivity contribution in [2.45, 2.75) is 38.1 Å². The number of hydrogen-bond donors (Lipinski definition) is 0. The predicted molar refractivity (Wildman–Crippen MR) is 77.6 cm³/mol. The molecular formula is C15H17ClN2O. The van der Waals surface area contributed by atoms with Gasteiger partial charge in [-0.2, -0.15) is 0 Å². The molecule has 3 nitrogen and oxygen atoms in total. The molecule has 0 spiro atoms. The Bertz CT molecular complexity index is 661. The van der Waals surface area contributed by atoms with Crippen LogP contribution in [0.2, 0.25) is 0 Å². The van der Waals surface area contributed by atoms with Gasteiger partial charge in [0.1, 0.15) is 5.82 Å². The number of halogens is 1. The average Bonchev–Trinajstić information content (AvgIpc) is 2.36. The molecule has 0 saturated heterocycles. The quantitative estimate of drug-likeness (QED) is 0.804. The third-order valence-electron chi connectivity index (χ3n) is 4.24. The smallest absolute Gasteiger partial charge is 0.261 e. The van der Waals surface area contributed by atoms with E-state index in [1.54, 1.807) is 4.57 Å². The van der Waals surface area contributed by atoms with Gasteiger partial charge in [-0.3, -0.25) is 9.36 Å². The molecule has 1 aromatic heterocycles. The van der Waals surface area contributed by atoms with Crippen LogP contribution >= 0.6 is 11.6 Å². The van der Waals surface area contributed by atoms with E-state index in [9.17, 15) is 4.79 Å². The van der Waals surface area contributed by atoms with Gasteiger partial charge >= 0.3 is 0 Å². The largest absolute Gasteiger partial charge is 0.292 e. The number of nitrogens with zero attached hydrogens (tertiary/aromatic N) is 2. The number of fused-ring (bicyclic) bond motifs is 1. The molecule has 3 rings (SSSR count). The highest BCUT2D eigenvalue weighted by atomic mass is 35.5. The number of alkyl halides is 1. The van der Waals surface area contributed by atoms with Crippen molar-refractivity contribution in [3.8, 4) is 0 Å². The molecule has 1 atom stereocenters. The molecule has 0 radical (unpaired) electrons. The molecule has 100 valence electrons. The first-order valence-corrected chi connectivity index (χ1v) is 7.32. The molecule has 1 unspecified atom stereocenters. The highest BCUT2D eigenvalue weighted by molar-refractivity contribution is 6.16. The Morgan fingerprint density at radius 1 is 1.42 bits per heavy atom. The summed E-state index contributed by atoms with van der Waals surface area (Å²) < 4.78 is 1.80. The second-order valence-corrected chi connectivity index (χ2v) is 5.55. The van der Waals surface area contributed by atoms with Crippen LogP contribution in [0.3, 0.4) is 0 Å². The summed E-state index contributed by atoms with van der Waals surface area (Å²) in [7, 11) is 0. The van der Waals surface area contributed by atoms with Gasteiger partial charge in [0.25, 0.3) is 5.56 Å². The number of rotatable bonds is 3. The summed E-state index contributed by atoms with van der Waals surface area (Å²) in [6, 6.07) is 7.67. The minimum Gasteiger partial charge on any atom is -0.292 e. The van der Waals surface area contributed by atoms with E-state index in [0.29, 0.717) is 17.1 Å². The Hall–Kier alpha value is -1.35. The normalized spacial score (nSPS) is 17.4. The molecule has 1 aliphatic carbocycles. The predicted octanol–water partition coefficient (Wildman–Crippen LogP) is 3.50. The van der Waals surface area contributed by atoms with Crippen molar-refractivity contribution in [2.75, 3.05) is 0 Å². The number of para-hydroxylation sites is 1. The Morgan fingerprint density at radius 3 is 2.79 bits per heavy atom. The number of aromatic nitrogens is 2. The maximum Gasteiger partial charge on any atom is 0.261 e. The van der Waals surface area contributed by atoms with E-state index in [-0.39, 0.29) is 17.5 Å². The summed E-state index contributed by atoms with van der Waals surface area (Å²) in [6.07, 6.45) is 3.66. The lowest BCUT2D eigenvalue weighted by molar-refractivity contribution is 0.216. The van der Waals surface area contributed by atoms with E-state index in [1.807, 2.05) is 24.3 Å². The summed E-state index contributed by atoms with van der Waals surface area (Å²) in [6.45, 7) is 2.11. The Labute approximate surface area is 117 Å². The summed E-state index contributed by atoms with van der Waals surface area (Å²) >= 11 is 5.99. The third-order valence-corrected chi connectivity index (χ3v) is 4.48. The first-order valence-electron chi connectivity index (χ1n) is 6.78. The Kier molecular flexibility index (Phi) is 3.31. The average molecular weight is 277 g/mol. The number of hydrogen-bond acceptors (Lipinski definition) is 2. The topological polar surface area (TPSA) is 34.9 Å². The van der Waals surface area contributed by atoms with Crippen LogP contribution in [0, 0.1) is 5.92 Å². The summed E-state index contributed by atoms with van der Waals surface area (Å²) in [5.74, 6) is 1.55. The lowest BCUT2D eigenvalue weighted by atomic mass is 9.80. The van der Waals surface area contributed by atoms with Gasteiger partial charge in [0.2, 0.25) is 0 Å². The summed E-state index contributed by atoms with van der Waals surface area (Å²) in [5.41, 5.74) is 0.779. The summed E-state index contributed by atoms with van der Waals surface area (Å²) in [5, 5.41) is 0.683. The number of benzene rings is 1. The lowest BCUT2D eigenvalue weighted by Crippen LogP contribution is -2.33. The second-order valence-electron chi connectivity index (χ2n) is 5.29. The molecule has 1 fully saturated rings. The van der Waals surface area contributed by atoms with Crippen molar-refractivity contribution in [3.05, 3.63) is 40.4 Å². The van der Waals surface area contributed by atoms with Crippen molar-refractivity contribution >= 4 is 22.5 Å². The summed E-state index contributed by atoms with van der Waals surface area (Å²) in [4.78, 5) is 17.2. The van der Waals surface area contributed by atoms with E-state index in [0.717, 1.165) is 5.52 Å². The van der Waals surface area contributed by atoms with Crippen molar-refractivity contribution in [2.24, 2.45) is 5.92 Å². The third kappa shape index (κ3) is 2.06. The fourth-order valence-electron chi connectivity index (χ4n) is 2.84. The maximum atomic E-state index is 12.7. The Morgan fingerprint density at radius 2 is 2.16 bits per heavy atom. The molecule has 19 heavy (non-hydrogen) atoms. The Balaban J connectivity index is 2.21. The van der Waals surface area contributed by atoms with E-state index < -0.39 is 0 Å². The van der Waals surface area contributed by atoms with Gasteiger partial charge in [0.05, 0.1) is 16.8 Å². The minimum absolute atomic E-state index is 0.0423. The fraction of sp³-hybridized carbons (Fsp3) is 0.467. The van der Waals surface area contributed by atoms with Crippen LogP contribution in [0.25, 0.3) is 10.9 Å².